The van der Waals surface area contributed by atoms with Crippen LogP contribution in [0, 0.1) is 6.92 Å². The molecule has 4 nitrogen and oxygen atoms in total. The fraction of sp³-hybridized carbons (Fsp3) is 0.176. The monoisotopic (exact) mass is 378 g/mol. The van der Waals surface area contributed by atoms with E-state index in [4.69, 9.17) is 16.3 Å². The van der Waals surface area contributed by atoms with Gasteiger partial charge in [-0.25, -0.2) is 4.98 Å². The number of aromatic nitrogens is 1. The minimum Gasteiger partial charge on any atom is -0.484 e. The molecule has 1 aromatic carbocycles. The fourth-order valence-corrected chi connectivity index (χ4v) is 3.73. The van der Waals surface area contributed by atoms with Crippen LogP contribution in [0.4, 0.5) is 0 Å². The number of halogens is 1. The van der Waals surface area contributed by atoms with Crippen LogP contribution in [-0.4, -0.2) is 17.5 Å². The average Bonchev–Trinajstić information content (AvgIpc) is 3.21. The summed E-state index contributed by atoms with van der Waals surface area (Å²) in [7, 11) is 0. The van der Waals surface area contributed by atoms with E-state index in [2.05, 4.69) is 10.3 Å². The number of aryl methyl sites for hydroxylation is 1. The van der Waals surface area contributed by atoms with E-state index in [1.807, 2.05) is 24.4 Å². The Morgan fingerprint density at radius 2 is 2.04 bits per heavy atom. The summed E-state index contributed by atoms with van der Waals surface area (Å²) in [6, 6.07) is 11.0. The lowest BCUT2D eigenvalue weighted by atomic mass is 10.3. The second kappa shape index (κ2) is 7.79. The van der Waals surface area contributed by atoms with E-state index in [1.165, 1.54) is 0 Å². The normalized spacial score (nSPS) is 10.6. The van der Waals surface area contributed by atoms with Gasteiger partial charge >= 0.3 is 0 Å². The minimum absolute atomic E-state index is 0.0227. The molecule has 24 heavy (non-hydrogen) atoms. The number of thiophene rings is 1. The topological polar surface area (TPSA) is 51.2 Å². The largest absolute Gasteiger partial charge is 0.484 e. The summed E-state index contributed by atoms with van der Waals surface area (Å²) < 4.78 is 5.41. The number of nitrogens with zero attached hydrogens (tertiary/aromatic N) is 1. The lowest BCUT2D eigenvalue weighted by Crippen LogP contribution is -2.28. The van der Waals surface area contributed by atoms with E-state index >= 15 is 0 Å². The molecule has 1 N–H and O–H groups in total. The highest BCUT2D eigenvalue weighted by molar-refractivity contribution is 7.16. The fourth-order valence-electron chi connectivity index (χ4n) is 2.00. The van der Waals surface area contributed by atoms with Crippen molar-refractivity contribution in [3.05, 3.63) is 56.7 Å². The highest BCUT2D eigenvalue weighted by Crippen LogP contribution is 2.28. The lowest BCUT2D eigenvalue weighted by molar-refractivity contribution is -0.123. The Kier molecular flexibility index (Phi) is 5.50. The van der Waals surface area contributed by atoms with Crippen molar-refractivity contribution >= 4 is 40.2 Å². The van der Waals surface area contributed by atoms with Crippen LogP contribution in [-0.2, 0) is 11.3 Å². The molecule has 0 saturated carbocycles. The maximum atomic E-state index is 11.9. The van der Waals surface area contributed by atoms with Gasteiger partial charge < -0.3 is 10.1 Å². The van der Waals surface area contributed by atoms with Gasteiger partial charge in [0.1, 0.15) is 5.75 Å². The van der Waals surface area contributed by atoms with Crippen LogP contribution in [0.1, 0.15) is 9.88 Å². The first-order chi connectivity index (χ1) is 11.6. The second-order valence-corrected chi connectivity index (χ2v) is 7.70. The molecule has 2 heterocycles. The van der Waals surface area contributed by atoms with Crippen molar-refractivity contribution in [2.45, 2.75) is 13.5 Å². The zero-order valence-electron chi connectivity index (χ0n) is 12.9. The predicted octanol–water partition coefficient (Wildman–Crippen LogP) is 4.53. The molecule has 0 aliphatic heterocycles. The van der Waals surface area contributed by atoms with E-state index in [-0.39, 0.29) is 12.5 Å². The first-order valence-electron chi connectivity index (χ1n) is 7.26. The Morgan fingerprint density at radius 3 is 2.75 bits per heavy atom. The van der Waals surface area contributed by atoms with Gasteiger partial charge in [-0.1, -0.05) is 11.6 Å². The first-order valence-corrected chi connectivity index (χ1v) is 9.34. The quantitative estimate of drug-likeness (QED) is 0.685. The minimum atomic E-state index is -0.163. The van der Waals surface area contributed by atoms with Crippen LogP contribution in [0.5, 0.6) is 5.75 Å². The van der Waals surface area contributed by atoms with Gasteiger partial charge in [0.15, 0.2) is 6.61 Å². The number of rotatable bonds is 6. The highest BCUT2D eigenvalue weighted by Gasteiger charge is 2.08. The number of amides is 1. The number of hydrogen-bond donors (Lipinski definition) is 1. The van der Waals surface area contributed by atoms with Gasteiger partial charge in [0.05, 0.1) is 22.1 Å². The van der Waals surface area contributed by atoms with Gasteiger partial charge in [0.25, 0.3) is 5.91 Å². The number of nitrogens with one attached hydrogen (secondary N) is 1. The van der Waals surface area contributed by atoms with Gasteiger partial charge in [-0.3, -0.25) is 4.79 Å². The molecule has 3 rings (SSSR count). The van der Waals surface area contributed by atoms with E-state index in [1.54, 1.807) is 46.9 Å². The summed E-state index contributed by atoms with van der Waals surface area (Å²) in [5, 5.41) is 6.58. The molecule has 0 unspecified atom stereocenters. The molecule has 0 saturated heterocycles. The maximum absolute atomic E-state index is 11.9. The Morgan fingerprint density at radius 1 is 1.25 bits per heavy atom. The van der Waals surface area contributed by atoms with Crippen molar-refractivity contribution in [1.82, 2.24) is 10.3 Å². The second-order valence-electron chi connectivity index (χ2n) is 5.04. The smallest absolute Gasteiger partial charge is 0.258 e. The van der Waals surface area contributed by atoms with E-state index in [0.29, 0.717) is 17.3 Å². The van der Waals surface area contributed by atoms with Crippen molar-refractivity contribution < 1.29 is 9.53 Å². The number of ether oxygens (including phenoxy) is 1. The maximum Gasteiger partial charge on any atom is 0.258 e. The van der Waals surface area contributed by atoms with E-state index < -0.39 is 0 Å². The first kappa shape index (κ1) is 17.0. The standard InChI is InChI=1S/C17H15ClN2O2S2/c1-11-20-15(10-23-11)16-7-6-14(24-16)8-19-17(21)9-22-13-4-2-12(18)3-5-13/h2-7,10H,8-9H2,1H3,(H,19,21). The average molecular weight is 379 g/mol. The summed E-state index contributed by atoms with van der Waals surface area (Å²) in [5.74, 6) is 0.455. The molecule has 2 aromatic heterocycles. The van der Waals surface area contributed by atoms with Gasteiger partial charge in [-0.15, -0.1) is 22.7 Å². The number of thiazole rings is 1. The van der Waals surface area contributed by atoms with Crippen LogP contribution < -0.4 is 10.1 Å². The van der Waals surface area contributed by atoms with Crippen LogP contribution in [0.25, 0.3) is 10.6 Å². The van der Waals surface area contributed by atoms with Crippen LogP contribution >= 0.6 is 34.3 Å². The molecule has 0 fully saturated rings. The molecular weight excluding hydrogens is 364 g/mol. The third-order valence-corrected chi connectivity index (χ3v) is 5.31. The molecule has 1 amide bonds. The molecule has 0 aliphatic carbocycles. The molecule has 0 bridgehead atoms. The zero-order chi connectivity index (χ0) is 16.9. The Labute approximate surface area is 153 Å². The summed E-state index contributed by atoms with van der Waals surface area (Å²) in [6.45, 7) is 2.45. The number of benzene rings is 1. The van der Waals surface area contributed by atoms with Gasteiger partial charge in [-0.05, 0) is 43.3 Å². The molecule has 0 radical (unpaired) electrons. The zero-order valence-corrected chi connectivity index (χ0v) is 15.3. The van der Waals surface area contributed by atoms with Crippen molar-refractivity contribution in [2.75, 3.05) is 6.61 Å². The van der Waals surface area contributed by atoms with Gasteiger partial charge in [0, 0.05) is 15.3 Å². The van der Waals surface area contributed by atoms with E-state index in [0.717, 1.165) is 20.5 Å². The Hall–Kier alpha value is -1.89. The SMILES string of the molecule is Cc1nc(-c2ccc(CNC(=O)COc3ccc(Cl)cc3)s2)cs1. The molecule has 0 atom stereocenters. The highest BCUT2D eigenvalue weighted by atomic mass is 35.5. The number of carbonyl (C=O) groups excluding carboxylic acids is 1. The van der Waals surface area contributed by atoms with Gasteiger partial charge in [-0.2, -0.15) is 0 Å². The van der Waals surface area contributed by atoms with Crippen LogP contribution in [0.15, 0.2) is 41.8 Å². The summed E-state index contributed by atoms with van der Waals surface area (Å²) in [5.41, 5.74) is 0.992. The molecule has 7 heteroatoms. The molecule has 3 aromatic rings. The van der Waals surface area contributed by atoms with Crippen molar-refractivity contribution in [1.29, 1.82) is 0 Å². The Balaban J connectivity index is 1.48. The molecule has 0 aliphatic rings. The number of hydrogen-bond acceptors (Lipinski definition) is 5. The summed E-state index contributed by atoms with van der Waals surface area (Å²) in [4.78, 5) is 18.5. The molecule has 124 valence electrons. The van der Waals surface area contributed by atoms with Crippen molar-refractivity contribution in [3.63, 3.8) is 0 Å². The Bertz CT molecular complexity index is 827. The van der Waals surface area contributed by atoms with Crippen molar-refractivity contribution in [3.8, 4) is 16.3 Å². The van der Waals surface area contributed by atoms with Crippen LogP contribution in [0.2, 0.25) is 5.02 Å². The van der Waals surface area contributed by atoms with Crippen LogP contribution in [0.3, 0.4) is 0 Å². The summed E-state index contributed by atoms with van der Waals surface area (Å²) in [6.07, 6.45) is 0. The van der Waals surface area contributed by atoms with E-state index in [9.17, 15) is 4.79 Å². The van der Waals surface area contributed by atoms with Crippen molar-refractivity contribution in [2.24, 2.45) is 0 Å². The third-order valence-electron chi connectivity index (χ3n) is 3.18. The summed E-state index contributed by atoms with van der Waals surface area (Å²) >= 11 is 9.07. The molecular formula is C17H15ClN2O2S2. The lowest BCUT2D eigenvalue weighted by Gasteiger charge is -2.06. The molecule has 0 spiro atoms. The van der Waals surface area contributed by atoms with Gasteiger partial charge in [0.2, 0.25) is 0 Å². The number of carbonyl (C=O) groups is 1. The third kappa shape index (κ3) is 4.56. The predicted molar refractivity (Wildman–Crippen MR) is 99.0 cm³/mol.